The largest absolute Gasteiger partial charge is 0.462 e. The molecule has 12 nitrogen and oxygen atoms in total. The summed E-state index contributed by atoms with van der Waals surface area (Å²) in [6, 6.07) is 11.9. The van der Waals surface area contributed by atoms with Gasteiger partial charge in [-0.05, 0) is 38.3 Å². The molecule has 15 heteroatoms. The predicted molar refractivity (Wildman–Crippen MR) is 144 cm³/mol. The second-order valence-corrected chi connectivity index (χ2v) is 11.6. The number of fused-ring (bicyclic) bond motifs is 1. The number of esters is 1. The maximum absolute atomic E-state index is 14.5. The van der Waals surface area contributed by atoms with Crippen molar-refractivity contribution in [2.45, 2.75) is 63.7 Å². The van der Waals surface area contributed by atoms with Gasteiger partial charge in [0.1, 0.15) is 23.7 Å². The van der Waals surface area contributed by atoms with Crippen molar-refractivity contribution < 1.29 is 41.8 Å². The van der Waals surface area contributed by atoms with Crippen molar-refractivity contribution in [3.05, 3.63) is 65.2 Å². The number of hydrogen-bond donors (Lipinski definition) is 3. The van der Waals surface area contributed by atoms with Crippen molar-refractivity contribution in [2.24, 2.45) is 0 Å². The minimum atomic E-state index is -4.60. The van der Waals surface area contributed by atoms with Crippen molar-refractivity contribution >= 4 is 30.3 Å². The quantitative estimate of drug-likeness (QED) is 0.220. The molecule has 0 radical (unpaired) electrons. The van der Waals surface area contributed by atoms with Gasteiger partial charge in [-0.25, -0.2) is 18.1 Å². The van der Waals surface area contributed by atoms with Crippen LogP contribution in [-0.2, 0) is 23.4 Å². The first-order valence-corrected chi connectivity index (χ1v) is 14.3. The lowest BCUT2D eigenvalue weighted by atomic mass is 10.0. The lowest BCUT2D eigenvalue weighted by molar-refractivity contribution is -0.170. The van der Waals surface area contributed by atoms with E-state index < -0.39 is 68.9 Å². The topological polar surface area (TPSA) is 164 Å². The van der Waals surface area contributed by atoms with Crippen molar-refractivity contribution in [2.75, 3.05) is 12.3 Å². The normalized spacial score (nSPS) is 23.0. The maximum atomic E-state index is 14.5. The number of benzene rings is 2. The number of carbonyl (C=O) groups is 1. The monoisotopic (exact) mass is 596 g/mol. The predicted octanol–water partition coefficient (Wildman–Crippen LogP) is 3.40. The van der Waals surface area contributed by atoms with Gasteiger partial charge in [-0.2, -0.15) is 10.1 Å². The summed E-state index contributed by atoms with van der Waals surface area (Å²) >= 11 is 0. The van der Waals surface area contributed by atoms with Crippen LogP contribution in [0.3, 0.4) is 0 Å². The van der Waals surface area contributed by atoms with Crippen LogP contribution in [-0.4, -0.2) is 57.5 Å². The summed E-state index contributed by atoms with van der Waals surface area (Å²) in [6.07, 6.45) is -6.41. The van der Waals surface area contributed by atoms with Gasteiger partial charge < -0.3 is 24.8 Å². The second kappa shape index (κ2) is 12.2. The molecular weight excluding hydrogens is 565 g/mol. The highest BCUT2D eigenvalue weighted by Crippen LogP contribution is 2.50. The highest BCUT2D eigenvalue weighted by molar-refractivity contribution is 7.52. The summed E-state index contributed by atoms with van der Waals surface area (Å²) in [5, 5.41) is 14.3. The van der Waals surface area contributed by atoms with Crippen LogP contribution in [0.25, 0.3) is 10.8 Å². The van der Waals surface area contributed by atoms with Gasteiger partial charge in [0.25, 0.3) is 6.43 Å². The number of nitrogen functional groups attached to an aromatic ring is 1. The van der Waals surface area contributed by atoms with E-state index in [1.165, 1.54) is 19.1 Å². The molecule has 1 fully saturated rings. The molecule has 0 aliphatic carbocycles. The third-order valence-corrected chi connectivity index (χ3v) is 7.88. The average Bonchev–Trinajstić information content (AvgIpc) is 3.25. The van der Waals surface area contributed by atoms with Crippen LogP contribution in [0.4, 0.5) is 14.6 Å². The Hall–Kier alpha value is -3.42. The Morgan fingerprint density at radius 3 is 2.63 bits per heavy atom. The number of aliphatic hydroxyl groups excluding tert-OH is 1. The van der Waals surface area contributed by atoms with Crippen LogP contribution >= 0.6 is 7.75 Å². The molecule has 5 unspecified atom stereocenters. The molecule has 2 heterocycles. The number of nitrogens with zero attached hydrogens (tertiary/aromatic N) is 2. The van der Waals surface area contributed by atoms with Gasteiger partial charge >= 0.3 is 19.4 Å². The molecule has 0 spiro atoms. The Bertz CT molecular complexity index is 1500. The number of ether oxygens (including phenoxy) is 2. The first-order valence-electron chi connectivity index (χ1n) is 12.7. The molecule has 5 atom stereocenters. The zero-order valence-electron chi connectivity index (χ0n) is 22.5. The third kappa shape index (κ3) is 6.91. The molecule has 41 heavy (non-hydrogen) atoms. The number of halogens is 2. The Labute approximate surface area is 234 Å². The fraction of sp³-hybridized carbons (Fsp3) is 0.423. The zero-order chi connectivity index (χ0) is 29.9. The van der Waals surface area contributed by atoms with Gasteiger partial charge in [0.2, 0.25) is 0 Å². The summed E-state index contributed by atoms with van der Waals surface area (Å²) in [4.78, 5) is 28.3. The SMILES string of the molecule is CC(C)OC(=O)C(C)NP(=O)(OCC1(C(F)F)CC(O)C(n2ccc(N)nc2=O)O1)Oc1cccc2ccccc12. The number of carbonyl (C=O) groups excluding carboxylic acids is 1. The Balaban J connectivity index is 1.64. The minimum Gasteiger partial charge on any atom is -0.462 e. The van der Waals surface area contributed by atoms with Gasteiger partial charge in [-0.15, -0.1) is 0 Å². The molecule has 1 aliphatic rings. The minimum absolute atomic E-state index is 0.0965. The highest BCUT2D eigenvalue weighted by atomic mass is 31.2. The molecule has 222 valence electrons. The van der Waals surface area contributed by atoms with Crippen LogP contribution in [0.15, 0.2) is 59.5 Å². The van der Waals surface area contributed by atoms with Crippen molar-refractivity contribution in [1.82, 2.24) is 14.6 Å². The molecule has 4 rings (SSSR count). The van der Waals surface area contributed by atoms with Crippen LogP contribution in [0.1, 0.15) is 33.4 Å². The number of nitrogens with one attached hydrogen (secondary N) is 1. The smallest absolute Gasteiger partial charge is 0.459 e. The van der Waals surface area contributed by atoms with Crippen molar-refractivity contribution in [1.29, 1.82) is 0 Å². The van der Waals surface area contributed by atoms with Gasteiger partial charge in [-0.1, -0.05) is 36.4 Å². The molecule has 0 amide bonds. The van der Waals surface area contributed by atoms with E-state index in [0.29, 0.717) is 5.39 Å². The lowest BCUT2D eigenvalue weighted by Crippen LogP contribution is -2.44. The van der Waals surface area contributed by atoms with E-state index in [-0.39, 0.29) is 11.6 Å². The molecule has 1 aliphatic heterocycles. The molecule has 1 saturated heterocycles. The molecule has 2 aromatic carbocycles. The van der Waals surface area contributed by atoms with Gasteiger partial charge in [-0.3, -0.25) is 13.9 Å². The number of rotatable bonds is 11. The van der Waals surface area contributed by atoms with Crippen molar-refractivity contribution in [3.8, 4) is 5.75 Å². The van der Waals surface area contributed by atoms with E-state index in [1.807, 2.05) is 0 Å². The van der Waals surface area contributed by atoms with Gasteiger partial charge in [0.15, 0.2) is 11.8 Å². The maximum Gasteiger partial charge on any atom is 0.459 e. The summed E-state index contributed by atoms with van der Waals surface area (Å²) in [6.45, 7) is 3.56. The van der Waals surface area contributed by atoms with E-state index in [9.17, 15) is 28.0 Å². The molecular formula is C26H31F2N4O8P. The zero-order valence-corrected chi connectivity index (χ0v) is 23.4. The number of anilines is 1. The Morgan fingerprint density at radius 1 is 1.24 bits per heavy atom. The highest BCUT2D eigenvalue weighted by Gasteiger charge is 2.55. The summed E-state index contributed by atoms with van der Waals surface area (Å²) in [5.74, 6) is -0.791. The van der Waals surface area contributed by atoms with E-state index in [4.69, 9.17) is 24.3 Å². The summed E-state index contributed by atoms with van der Waals surface area (Å²) in [5.41, 5.74) is 2.06. The lowest BCUT2D eigenvalue weighted by Gasteiger charge is -2.31. The van der Waals surface area contributed by atoms with E-state index in [1.54, 1.807) is 50.2 Å². The van der Waals surface area contributed by atoms with E-state index in [0.717, 1.165) is 16.2 Å². The Morgan fingerprint density at radius 2 is 1.95 bits per heavy atom. The molecule has 3 aromatic rings. The first-order chi connectivity index (χ1) is 19.3. The number of aromatic nitrogens is 2. The van der Waals surface area contributed by atoms with E-state index in [2.05, 4.69) is 10.1 Å². The van der Waals surface area contributed by atoms with Crippen LogP contribution in [0.5, 0.6) is 5.75 Å². The number of nitrogens with two attached hydrogens (primary N) is 1. The van der Waals surface area contributed by atoms with E-state index >= 15 is 0 Å². The molecule has 0 bridgehead atoms. The van der Waals surface area contributed by atoms with Crippen molar-refractivity contribution in [3.63, 3.8) is 0 Å². The first kappa shape index (κ1) is 30.5. The molecule has 1 aromatic heterocycles. The fourth-order valence-corrected chi connectivity index (χ4v) is 5.86. The fourth-order valence-electron chi connectivity index (χ4n) is 4.29. The van der Waals surface area contributed by atoms with Crippen LogP contribution in [0, 0.1) is 0 Å². The van der Waals surface area contributed by atoms with Gasteiger partial charge in [0.05, 0.1) is 12.7 Å². The molecule has 0 saturated carbocycles. The molecule has 4 N–H and O–H groups in total. The second-order valence-electron chi connectivity index (χ2n) is 9.86. The average molecular weight is 597 g/mol. The summed E-state index contributed by atoms with van der Waals surface area (Å²) in [7, 11) is -4.60. The Kier molecular flexibility index (Phi) is 9.10. The number of hydrogen-bond acceptors (Lipinski definition) is 10. The standard InChI is InChI=1S/C26H31F2N4O8P/c1-15(2)38-23(34)16(3)31-41(36,40-20-10-6-8-17-7-4-5-9-18(17)20)37-14-26(24(27)28)13-19(33)22(39-26)32-12-11-21(29)30-25(32)35/h4-12,15-16,19,22,24,33H,13-14H2,1-3H3,(H,31,36)(H2,29,30,35). The van der Waals surface area contributed by atoms with Crippen LogP contribution in [0.2, 0.25) is 0 Å². The third-order valence-electron chi connectivity index (χ3n) is 6.27. The summed E-state index contributed by atoms with van der Waals surface area (Å²) < 4.78 is 65.8. The van der Waals surface area contributed by atoms with Crippen LogP contribution < -0.4 is 21.0 Å². The number of aliphatic hydroxyl groups is 1. The number of alkyl halides is 2. The van der Waals surface area contributed by atoms with Gasteiger partial charge in [0, 0.05) is 18.0 Å².